The molecule has 162 valence electrons. The van der Waals surface area contributed by atoms with Crippen molar-refractivity contribution in [2.75, 3.05) is 44.9 Å². The van der Waals surface area contributed by atoms with E-state index in [0.29, 0.717) is 23.9 Å². The standard InChI is InChI=1S/C24H30N6O/c1-18-8-5-10-20(16-18)27-24-25-13-12-22(28-24)26-21-11-6-9-19(17-21)23(31)30(4)15-7-14-29(2)3/h5-6,8-13,16-17H,7,14-15H2,1-4H3,(H2,25,26,27,28). The third kappa shape index (κ3) is 6.79. The Hall–Kier alpha value is -3.45. The van der Waals surface area contributed by atoms with E-state index in [9.17, 15) is 4.79 Å². The zero-order valence-electron chi connectivity index (χ0n) is 18.6. The Morgan fingerprint density at radius 3 is 2.42 bits per heavy atom. The fraction of sp³-hybridized carbons (Fsp3) is 0.292. The maximum absolute atomic E-state index is 12.8. The van der Waals surface area contributed by atoms with Crippen molar-refractivity contribution in [3.8, 4) is 0 Å². The molecule has 0 saturated carbocycles. The molecule has 0 atom stereocenters. The Kier molecular flexibility index (Phi) is 7.56. The minimum absolute atomic E-state index is 0.00639. The third-order valence-corrected chi connectivity index (χ3v) is 4.76. The Labute approximate surface area is 184 Å². The highest BCUT2D eigenvalue weighted by atomic mass is 16.2. The van der Waals surface area contributed by atoms with E-state index in [1.165, 1.54) is 0 Å². The van der Waals surface area contributed by atoms with Gasteiger partial charge in [0.05, 0.1) is 0 Å². The zero-order chi connectivity index (χ0) is 22.2. The summed E-state index contributed by atoms with van der Waals surface area (Å²) in [4.78, 5) is 25.5. The monoisotopic (exact) mass is 418 g/mol. The molecule has 0 bridgehead atoms. The first kappa shape index (κ1) is 22.2. The molecule has 1 aromatic heterocycles. The van der Waals surface area contributed by atoms with Crippen LogP contribution in [-0.4, -0.2) is 59.9 Å². The molecule has 2 N–H and O–H groups in total. The van der Waals surface area contributed by atoms with Gasteiger partial charge in [0.25, 0.3) is 5.91 Å². The van der Waals surface area contributed by atoms with Crippen LogP contribution in [-0.2, 0) is 0 Å². The Bertz CT molecular complexity index is 1020. The molecule has 0 aliphatic carbocycles. The number of aromatic nitrogens is 2. The van der Waals surface area contributed by atoms with Gasteiger partial charge in [-0.3, -0.25) is 4.79 Å². The molecule has 0 aliphatic heterocycles. The summed E-state index contributed by atoms with van der Waals surface area (Å²) in [5.41, 5.74) is 3.53. The van der Waals surface area contributed by atoms with Crippen molar-refractivity contribution in [1.29, 1.82) is 0 Å². The fourth-order valence-corrected chi connectivity index (χ4v) is 3.16. The van der Waals surface area contributed by atoms with Gasteiger partial charge in [-0.25, -0.2) is 4.98 Å². The highest BCUT2D eigenvalue weighted by molar-refractivity contribution is 5.95. The summed E-state index contributed by atoms with van der Waals surface area (Å²) in [6, 6.07) is 17.3. The zero-order valence-corrected chi connectivity index (χ0v) is 18.6. The van der Waals surface area contributed by atoms with Gasteiger partial charge in [0.2, 0.25) is 5.95 Å². The van der Waals surface area contributed by atoms with Crippen molar-refractivity contribution in [2.24, 2.45) is 0 Å². The number of nitrogens with one attached hydrogen (secondary N) is 2. The van der Waals surface area contributed by atoms with Gasteiger partial charge >= 0.3 is 0 Å². The lowest BCUT2D eigenvalue weighted by molar-refractivity contribution is 0.0790. The molecule has 1 amide bonds. The number of aryl methyl sites for hydroxylation is 1. The Morgan fingerprint density at radius 1 is 0.935 bits per heavy atom. The predicted octanol–water partition coefficient (Wildman–Crippen LogP) is 4.30. The van der Waals surface area contributed by atoms with Crippen LogP contribution in [0.15, 0.2) is 60.8 Å². The number of hydrogen-bond acceptors (Lipinski definition) is 6. The van der Waals surface area contributed by atoms with Gasteiger partial charge in [0, 0.05) is 36.7 Å². The largest absolute Gasteiger partial charge is 0.342 e. The molecule has 1 heterocycles. The van der Waals surface area contributed by atoms with Gasteiger partial charge in [-0.2, -0.15) is 4.98 Å². The van der Waals surface area contributed by atoms with Crippen LogP contribution >= 0.6 is 0 Å². The van der Waals surface area contributed by atoms with Gasteiger partial charge in [-0.05, 0) is 75.9 Å². The van der Waals surface area contributed by atoms with E-state index in [2.05, 4.69) is 25.5 Å². The number of anilines is 4. The van der Waals surface area contributed by atoms with E-state index in [0.717, 1.165) is 29.9 Å². The van der Waals surface area contributed by atoms with Crippen LogP contribution < -0.4 is 10.6 Å². The number of benzene rings is 2. The van der Waals surface area contributed by atoms with Gasteiger partial charge in [-0.15, -0.1) is 0 Å². The third-order valence-electron chi connectivity index (χ3n) is 4.76. The fourth-order valence-electron chi connectivity index (χ4n) is 3.16. The predicted molar refractivity (Wildman–Crippen MR) is 126 cm³/mol. The summed E-state index contributed by atoms with van der Waals surface area (Å²) in [6.45, 7) is 3.71. The molecule has 3 rings (SSSR count). The number of carbonyl (C=O) groups excluding carboxylic acids is 1. The second-order valence-electron chi connectivity index (χ2n) is 7.85. The molecule has 31 heavy (non-hydrogen) atoms. The highest BCUT2D eigenvalue weighted by Crippen LogP contribution is 2.19. The van der Waals surface area contributed by atoms with Gasteiger partial charge in [-0.1, -0.05) is 18.2 Å². The molecule has 0 spiro atoms. The number of hydrogen-bond donors (Lipinski definition) is 2. The normalized spacial score (nSPS) is 10.7. The second-order valence-corrected chi connectivity index (χ2v) is 7.85. The molecule has 0 radical (unpaired) electrons. The van der Waals surface area contributed by atoms with Crippen LogP contribution in [0.2, 0.25) is 0 Å². The van der Waals surface area contributed by atoms with Gasteiger partial charge < -0.3 is 20.4 Å². The lowest BCUT2D eigenvalue weighted by atomic mass is 10.1. The van der Waals surface area contributed by atoms with Crippen molar-refractivity contribution >= 4 is 29.0 Å². The van der Waals surface area contributed by atoms with Gasteiger partial charge in [0.1, 0.15) is 5.82 Å². The summed E-state index contributed by atoms with van der Waals surface area (Å²) < 4.78 is 0. The van der Waals surface area contributed by atoms with Crippen molar-refractivity contribution in [3.63, 3.8) is 0 Å². The number of amides is 1. The van der Waals surface area contributed by atoms with Crippen LogP contribution in [0.3, 0.4) is 0 Å². The van der Waals surface area contributed by atoms with Crippen LogP contribution in [0.5, 0.6) is 0 Å². The summed E-state index contributed by atoms with van der Waals surface area (Å²) in [6.07, 6.45) is 2.63. The maximum atomic E-state index is 12.8. The van der Waals surface area contributed by atoms with E-state index in [-0.39, 0.29) is 5.91 Å². The lowest BCUT2D eigenvalue weighted by Crippen LogP contribution is -2.29. The van der Waals surface area contributed by atoms with E-state index in [1.807, 2.05) is 76.6 Å². The van der Waals surface area contributed by atoms with Crippen LogP contribution in [0.1, 0.15) is 22.3 Å². The smallest absolute Gasteiger partial charge is 0.253 e. The summed E-state index contributed by atoms with van der Waals surface area (Å²) >= 11 is 0. The average molecular weight is 419 g/mol. The van der Waals surface area contributed by atoms with Gasteiger partial charge in [0.15, 0.2) is 0 Å². The quantitative estimate of drug-likeness (QED) is 0.540. The molecular formula is C24H30N6O. The molecule has 2 aromatic carbocycles. The number of rotatable bonds is 9. The minimum atomic E-state index is 0.00639. The maximum Gasteiger partial charge on any atom is 0.253 e. The van der Waals surface area contributed by atoms with Crippen LogP contribution in [0.25, 0.3) is 0 Å². The lowest BCUT2D eigenvalue weighted by Gasteiger charge is -2.19. The molecule has 0 unspecified atom stereocenters. The molecule has 0 saturated heterocycles. The van der Waals surface area contributed by atoms with Crippen molar-refractivity contribution in [1.82, 2.24) is 19.8 Å². The van der Waals surface area contributed by atoms with Crippen molar-refractivity contribution in [3.05, 3.63) is 71.9 Å². The molecular weight excluding hydrogens is 388 g/mol. The Morgan fingerprint density at radius 2 is 1.68 bits per heavy atom. The average Bonchev–Trinajstić information content (AvgIpc) is 2.73. The molecule has 7 nitrogen and oxygen atoms in total. The summed E-state index contributed by atoms with van der Waals surface area (Å²) in [7, 11) is 5.91. The molecule has 0 aliphatic rings. The highest BCUT2D eigenvalue weighted by Gasteiger charge is 2.12. The molecule has 0 fully saturated rings. The van der Waals surface area contributed by atoms with Crippen molar-refractivity contribution in [2.45, 2.75) is 13.3 Å². The van der Waals surface area contributed by atoms with E-state index in [4.69, 9.17) is 0 Å². The van der Waals surface area contributed by atoms with E-state index < -0.39 is 0 Å². The second kappa shape index (κ2) is 10.5. The van der Waals surface area contributed by atoms with E-state index >= 15 is 0 Å². The van der Waals surface area contributed by atoms with E-state index in [1.54, 1.807) is 17.2 Å². The van der Waals surface area contributed by atoms with Crippen molar-refractivity contribution < 1.29 is 4.79 Å². The topological polar surface area (TPSA) is 73.4 Å². The minimum Gasteiger partial charge on any atom is -0.342 e. The molecule has 7 heteroatoms. The number of nitrogens with zero attached hydrogens (tertiary/aromatic N) is 4. The van der Waals surface area contributed by atoms with Crippen LogP contribution in [0.4, 0.5) is 23.1 Å². The first-order chi connectivity index (χ1) is 14.9. The molecule has 3 aromatic rings. The van der Waals surface area contributed by atoms with Crippen LogP contribution in [0, 0.1) is 6.92 Å². The Balaban J connectivity index is 1.66. The first-order valence-corrected chi connectivity index (χ1v) is 10.3. The first-order valence-electron chi connectivity index (χ1n) is 10.3. The summed E-state index contributed by atoms with van der Waals surface area (Å²) in [5.74, 6) is 1.16. The summed E-state index contributed by atoms with van der Waals surface area (Å²) in [5, 5.41) is 6.48. The number of carbonyl (C=O) groups is 1. The SMILES string of the molecule is Cc1cccc(Nc2nccc(Nc3cccc(C(=O)N(C)CCCN(C)C)c3)n2)c1.